The maximum absolute atomic E-state index is 13.4. The third-order valence-electron chi connectivity index (χ3n) is 6.26. The van der Waals surface area contributed by atoms with Gasteiger partial charge in [-0.15, -0.1) is 0 Å². The number of rotatable bonds is 13. The van der Waals surface area contributed by atoms with Gasteiger partial charge in [0.15, 0.2) is 11.6 Å². The van der Waals surface area contributed by atoms with E-state index in [1.54, 1.807) is 69.3 Å². The number of allylic oxidation sites excluding steroid dienone is 4. The molecule has 1 aliphatic rings. The molecule has 1 aliphatic heterocycles. The Morgan fingerprint density at radius 1 is 0.974 bits per heavy atom. The van der Waals surface area contributed by atoms with Gasteiger partial charge in [0.1, 0.15) is 5.92 Å². The molecule has 1 fully saturated rings. The summed E-state index contributed by atoms with van der Waals surface area (Å²) in [7, 11) is 1.42. The van der Waals surface area contributed by atoms with Crippen LogP contribution in [0.5, 0.6) is 0 Å². The van der Waals surface area contributed by atoms with E-state index in [0.717, 1.165) is 5.01 Å². The molecule has 4 amide bonds. The van der Waals surface area contributed by atoms with E-state index in [2.05, 4.69) is 16.1 Å². The lowest BCUT2D eigenvalue weighted by atomic mass is 9.85. The summed E-state index contributed by atoms with van der Waals surface area (Å²) in [6.45, 7) is 6.77. The Bertz CT molecular complexity index is 1110. The first-order chi connectivity index (χ1) is 18.0. The molecule has 38 heavy (non-hydrogen) atoms. The standard InChI is InChI=1S/C28H36N4O6/c1-6-7-9-14-20(33)15-22(34)30-21(19-12-10-8-11-13-19)16-23(35)31-25(17(2)3)26(36)24-18(4)27(37)32(29-5)28(24)38/h6-14,17-18,21,24-25,29H,15-16H2,1-5H3,(H,30,34)(H,31,35)/b7-6+,14-9+/t18-,21-,24+,25-/m0/s1. The van der Waals surface area contributed by atoms with Gasteiger partial charge >= 0.3 is 0 Å². The molecule has 10 heteroatoms. The molecule has 3 N–H and O–H groups in total. The molecule has 10 nitrogen and oxygen atoms in total. The number of carbonyl (C=O) groups is 6. The minimum Gasteiger partial charge on any atom is -0.348 e. The molecule has 2 rings (SSSR count). The maximum Gasteiger partial charge on any atom is 0.255 e. The zero-order chi connectivity index (χ0) is 28.4. The van der Waals surface area contributed by atoms with Crippen LogP contribution in [0.2, 0.25) is 0 Å². The Kier molecular flexibility index (Phi) is 11.3. The van der Waals surface area contributed by atoms with Crippen molar-refractivity contribution in [2.24, 2.45) is 17.8 Å². The van der Waals surface area contributed by atoms with E-state index in [0.29, 0.717) is 5.56 Å². The van der Waals surface area contributed by atoms with Crippen LogP contribution in [0.4, 0.5) is 0 Å². The Morgan fingerprint density at radius 3 is 2.18 bits per heavy atom. The van der Waals surface area contributed by atoms with Gasteiger partial charge in [-0.2, -0.15) is 0 Å². The van der Waals surface area contributed by atoms with E-state index in [1.807, 2.05) is 0 Å². The van der Waals surface area contributed by atoms with Crippen LogP contribution in [-0.2, 0) is 28.8 Å². The number of carbonyl (C=O) groups excluding carboxylic acids is 6. The number of hydrogen-bond donors (Lipinski definition) is 3. The zero-order valence-electron chi connectivity index (χ0n) is 22.4. The molecule has 0 saturated carbocycles. The summed E-state index contributed by atoms with van der Waals surface area (Å²) in [4.78, 5) is 76.1. The first kappa shape index (κ1) is 30.3. The van der Waals surface area contributed by atoms with Gasteiger partial charge in [0.05, 0.1) is 30.8 Å². The summed E-state index contributed by atoms with van der Waals surface area (Å²) in [5.41, 5.74) is 3.15. The summed E-state index contributed by atoms with van der Waals surface area (Å²) >= 11 is 0. The van der Waals surface area contributed by atoms with Crippen LogP contribution in [0.15, 0.2) is 54.6 Å². The van der Waals surface area contributed by atoms with Gasteiger partial charge in [-0.3, -0.25) is 28.8 Å². The fraction of sp³-hybridized carbons (Fsp3) is 0.429. The predicted molar refractivity (Wildman–Crippen MR) is 141 cm³/mol. The van der Waals surface area contributed by atoms with Gasteiger partial charge in [0, 0.05) is 7.05 Å². The summed E-state index contributed by atoms with van der Waals surface area (Å²) < 4.78 is 0. The second kappa shape index (κ2) is 14.1. The molecule has 1 heterocycles. The maximum atomic E-state index is 13.4. The Morgan fingerprint density at radius 2 is 1.63 bits per heavy atom. The van der Waals surface area contributed by atoms with Crippen molar-refractivity contribution < 1.29 is 28.8 Å². The molecule has 1 saturated heterocycles. The lowest BCUT2D eigenvalue weighted by Gasteiger charge is -2.26. The van der Waals surface area contributed by atoms with Crippen molar-refractivity contribution in [1.29, 1.82) is 0 Å². The van der Waals surface area contributed by atoms with Gasteiger partial charge in [-0.05, 0) is 24.5 Å². The highest BCUT2D eigenvalue weighted by Crippen LogP contribution is 2.28. The minimum absolute atomic E-state index is 0.204. The summed E-state index contributed by atoms with van der Waals surface area (Å²) in [5, 5.41) is 6.26. The molecular weight excluding hydrogens is 488 g/mol. The van der Waals surface area contributed by atoms with Crippen molar-refractivity contribution in [3.05, 3.63) is 60.2 Å². The van der Waals surface area contributed by atoms with Crippen LogP contribution < -0.4 is 16.1 Å². The first-order valence-electron chi connectivity index (χ1n) is 12.6. The summed E-state index contributed by atoms with van der Waals surface area (Å²) in [6.07, 6.45) is 5.68. The van der Waals surface area contributed by atoms with Crippen molar-refractivity contribution in [3.8, 4) is 0 Å². The van der Waals surface area contributed by atoms with Crippen LogP contribution in [0, 0.1) is 17.8 Å². The highest BCUT2D eigenvalue weighted by molar-refractivity contribution is 6.16. The van der Waals surface area contributed by atoms with E-state index in [1.165, 1.54) is 20.0 Å². The minimum atomic E-state index is -1.21. The highest BCUT2D eigenvalue weighted by atomic mass is 16.2. The van der Waals surface area contributed by atoms with Crippen molar-refractivity contribution in [2.45, 2.75) is 52.6 Å². The zero-order valence-corrected chi connectivity index (χ0v) is 22.4. The van der Waals surface area contributed by atoms with E-state index in [-0.39, 0.29) is 24.5 Å². The van der Waals surface area contributed by atoms with Crippen LogP contribution in [-0.4, -0.2) is 53.3 Å². The third-order valence-corrected chi connectivity index (χ3v) is 6.26. The average molecular weight is 525 g/mol. The second-order valence-corrected chi connectivity index (χ2v) is 9.46. The largest absolute Gasteiger partial charge is 0.348 e. The molecule has 1 aromatic carbocycles. The quantitative estimate of drug-likeness (QED) is 0.155. The van der Waals surface area contributed by atoms with Gasteiger partial charge < -0.3 is 10.6 Å². The fourth-order valence-corrected chi connectivity index (χ4v) is 4.25. The molecule has 0 unspecified atom stereocenters. The molecule has 0 aromatic heterocycles. The predicted octanol–water partition coefficient (Wildman–Crippen LogP) is 1.79. The first-order valence-corrected chi connectivity index (χ1v) is 12.6. The molecule has 1 aromatic rings. The number of ketones is 2. The van der Waals surface area contributed by atoms with Crippen LogP contribution >= 0.6 is 0 Å². The molecule has 0 radical (unpaired) electrons. The second-order valence-electron chi connectivity index (χ2n) is 9.46. The monoisotopic (exact) mass is 524 g/mol. The summed E-state index contributed by atoms with van der Waals surface area (Å²) in [6, 6.07) is 7.02. The van der Waals surface area contributed by atoms with Crippen molar-refractivity contribution in [2.75, 3.05) is 7.05 Å². The lowest BCUT2D eigenvalue weighted by Crippen LogP contribution is -2.50. The van der Waals surface area contributed by atoms with Crippen LogP contribution in [0.1, 0.15) is 52.1 Å². The fourth-order valence-electron chi connectivity index (χ4n) is 4.25. The van der Waals surface area contributed by atoms with Crippen LogP contribution in [0.3, 0.4) is 0 Å². The molecule has 0 bridgehead atoms. The van der Waals surface area contributed by atoms with Gasteiger partial charge in [-0.25, -0.2) is 10.4 Å². The van der Waals surface area contributed by atoms with Gasteiger partial charge in [0.25, 0.3) is 5.91 Å². The number of amides is 4. The average Bonchev–Trinajstić information content (AvgIpc) is 3.09. The SMILES string of the molecule is C/C=C/C=C/C(=O)CC(=O)N[C@@H](CC(=O)N[C@H](C(=O)[C@@H]1C(=O)N(NC)C(=O)[C@H]1C)C(C)C)c1ccccc1. The van der Waals surface area contributed by atoms with Crippen molar-refractivity contribution in [3.63, 3.8) is 0 Å². The van der Waals surface area contributed by atoms with Crippen molar-refractivity contribution in [1.82, 2.24) is 21.1 Å². The number of nitrogens with one attached hydrogen (secondary N) is 3. The van der Waals surface area contributed by atoms with Crippen molar-refractivity contribution >= 4 is 35.2 Å². The van der Waals surface area contributed by atoms with E-state index < -0.39 is 53.3 Å². The lowest BCUT2D eigenvalue weighted by molar-refractivity contribution is -0.144. The molecular formula is C28H36N4O6. The number of benzene rings is 1. The Labute approximate surface area is 222 Å². The third kappa shape index (κ3) is 7.79. The number of Topliss-reactive ketones (excluding diaryl/α,β-unsaturated/α-hetero) is 1. The molecule has 0 spiro atoms. The number of hydrogen-bond acceptors (Lipinski definition) is 7. The topological polar surface area (TPSA) is 142 Å². The number of nitrogens with zero attached hydrogens (tertiary/aromatic N) is 1. The summed E-state index contributed by atoms with van der Waals surface area (Å²) in [5.74, 6) is -5.61. The van der Waals surface area contributed by atoms with E-state index >= 15 is 0 Å². The van der Waals surface area contributed by atoms with Gasteiger partial charge in [-0.1, -0.05) is 69.3 Å². The van der Waals surface area contributed by atoms with E-state index in [9.17, 15) is 28.8 Å². The molecule has 204 valence electrons. The molecule has 0 aliphatic carbocycles. The van der Waals surface area contributed by atoms with E-state index in [4.69, 9.17) is 0 Å². The Balaban J connectivity index is 2.16. The van der Waals surface area contributed by atoms with Crippen LogP contribution in [0.25, 0.3) is 0 Å². The number of imide groups is 1. The number of hydrazine groups is 1. The van der Waals surface area contributed by atoms with Gasteiger partial charge in [0.2, 0.25) is 17.7 Å². The highest BCUT2D eigenvalue weighted by Gasteiger charge is 2.50. The molecule has 4 atom stereocenters. The normalized spacial score (nSPS) is 19.3. The Hall–Kier alpha value is -3.92. The smallest absolute Gasteiger partial charge is 0.255 e.